The molecule has 2 aromatic rings. The second-order valence-corrected chi connectivity index (χ2v) is 4.56. The maximum Gasteiger partial charge on any atom is 0.246 e. The summed E-state index contributed by atoms with van der Waals surface area (Å²) in [7, 11) is 0. The Labute approximate surface area is 119 Å². The minimum absolute atomic E-state index is 0.0160. The zero-order valence-corrected chi connectivity index (χ0v) is 11.3. The number of nitrogens with two attached hydrogens (primary N) is 1. The van der Waals surface area contributed by atoms with Crippen LogP contribution in [-0.2, 0) is 11.3 Å². The number of carbonyl (C=O) groups excluding carboxylic acids is 1. The highest BCUT2D eigenvalue weighted by atomic mass is 35.5. The Morgan fingerprint density at radius 1 is 1.53 bits per heavy atom. The molecular formula is C11H10ClN5OS. The molecule has 0 unspecified atom stereocenters. The molecular weight excluding hydrogens is 286 g/mol. The van der Waals surface area contributed by atoms with Crippen LogP contribution in [0.2, 0.25) is 5.02 Å². The molecule has 6 nitrogen and oxygen atoms in total. The average Bonchev–Trinajstić information content (AvgIpc) is 2.77. The van der Waals surface area contributed by atoms with Crippen molar-refractivity contribution in [3.05, 3.63) is 41.4 Å². The Kier molecular flexibility index (Phi) is 4.08. The van der Waals surface area contributed by atoms with Crippen molar-refractivity contribution in [2.24, 2.45) is 5.73 Å². The second kappa shape index (κ2) is 5.77. The number of amides is 1. The van der Waals surface area contributed by atoms with Crippen LogP contribution in [0.4, 0.5) is 5.69 Å². The molecule has 0 bridgehead atoms. The summed E-state index contributed by atoms with van der Waals surface area (Å²) >= 11 is 10.6. The fourth-order valence-corrected chi connectivity index (χ4v) is 1.68. The number of carbonyl (C=O) groups is 1. The SMILES string of the molecule is NC(=S)c1ncn(CC(=O)Nc2cccc(Cl)c2)n1. The van der Waals surface area contributed by atoms with E-state index in [-0.39, 0.29) is 23.3 Å². The number of aromatic nitrogens is 3. The van der Waals surface area contributed by atoms with Crippen LogP contribution >= 0.6 is 23.8 Å². The number of hydrogen-bond acceptors (Lipinski definition) is 4. The van der Waals surface area contributed by atoms with Crippen molar-refractivity contribution in [2.75, 3.05) is 5.32 Å². The summed E-state index contributed by atoms with van der Waals surface area (Å²) in [5, 5.41) is 7.21. The molecule has 3 N–H and O–H groups in total. The van der Waals surface area contributed by atoms with Crippen molar-refractivity contribution in [3.8, 4) is 0 Å². The highest BCUT2D eigenvalue weighted by Crippen LogP contribution is 2.14. The smallest absolute Gasteiger partial charge is 0.246 e. The molecule has 0 aliphatic rings. The van der Waals surface area contributed by atoms with E-state index in [0.29, 0.717) is 10.7 Å². The maximum atomic E-state index is 11.8. The predicted octanol–water partition coefficient (Wildman–Crippen LogP) is 1.20. The number of hydrogen-bond donors (Lipinski definition) is 2. The van der Waals surface area contributed by atoms with E-state index in [1.807, 2.05) is 0 Å². The van der Waals surface area contributed by atoms with E-state index in [0.717, 1.165) is 0 Å². The molecule has 1 aromatic heterocycles. The molecule has 0 atom stereocenters. The van der Waals surface area contributed by atoms with Crippen molar-refractivity contribution in [2.45, 2.75) is 6.54 Å². The van der Waals surface area contributed by atoms with E-state index in [1.54, 1.807) is 24.3 Å². The lowest BCUT2D eigenvalue weighted by atomic mass is 10.3. The quantitative estimate of drug-likeness (QED) is 0.828. The molecule has 1 heterocycles. The van der Waals surface area contributed by atoms with Gasteiger partial charge in [-0.25, -0.2) is 9.67 Å². The molecule has 8 heteroatoms. The summed E-state index contributed by atoms with van der Waals surface area (Å²) in [6.07, 6.45) is 1.39. The summed E-state index contributed by atoms with van der Waals surface area (Å²) in [4.78, 5) is 15.7. The minimum atomic E-state index is -0.248. The first-order valence-corrected chi connectivity index (χ1v) is 6.08. The highest BCUT2D eigenvalue weighted by Gasteiger charge is 2.08. The summed E-state index contributed by atoms with van der Waals surface area (Å²) < 4.78 is 1.36. The number of anilines is 1. The summed E-state index contributed by atoms with van der Waals surface area (Å²) in [5.41, 5.74) is 5.99. The van der Waals surface area contributed by atoms with Gasteiger partial charge in [0.2, 0.25) is 11.7 Å². The lowest BCUT2D eigenvalue weighted by Crippen LogP contribution is -2.20. The van der Waals surface area contributed by atoms with E-state index in [9.17, 15) is 4.79 Å². The Morgan fingerprint density at radius 3 is 2.95 bits per heavy atom. The lowest BCUT2D eigenvalue weighted by Gasteiger charge is -2.05. The molecule has 2 rings (SSSR count). The molecule has 1 amide bonds. The molecule has 0 aliphatic heterocycles. The Bertz CT molecular complexity index is 627. The first kappa shape index (κ1) is 13.4. The van der Waals surface area contributed by atoms with Gasteiger partial charge < -0.3 is 11.1 Å². The number of benzene rings is 1. The van der Waals surface area contributed by atoms with Crippen LogP contribution < -0.4 is 11.1 Å². The number of nitrogens with zero attached hydrogens (tertiary/aromatic N) is 3. The summed E-state index contributed by atoms with van der Waals surface area (Å²) in [5.74, 6) is -0.00721. The fraction of sp³-hybridized carbons (Fsp3) is 0.0909. The van der Waals surface area contributed by atoms with Crippen LogP contribution in [0.25, 0.3) is 0 Å². The van der Waals surface area contributed by atoms with Crippen molar-refractivity contribution in [1.29, 1.82) is 0 Å². The van der Waals surface area contributed by atoms with Gasteiger partial charge in [0.15, 0.2) is 0 Å². The van der Waals surface area contributed by atoms with Gasteiger partial charge in [0, 0.05) is 10.7 Å². The van der Waals surface area contributed by atoms with Crippen LogP contribution in [-0.4, -0.2) is 25.7 Å². The van der Waals surface area contributed by atoms with Crippen molar-refractivity contribution >= 4 is 40.4 Å². The van der Waals surface area contributed by atoms with Gasteiger partial charge >= 0.3 is 0 Å². The zero-order chi connectivity index (χ0) is 13.8. The van der Waals surface area contributed by atoms with E-state index < -0.39 is 0 Å². The Morgan fingerprint density at radius 2 is 2.32 bits per heavy atom. The van der Waals surface area contributed by atoms with Crippen LogP contribution in [0.1, 0.15) is 5.82 Å². The van der Waals surface area contributed by atoms with E-state index >= 15 is 0 Å². The van der Waals surface area contributed by atoms with Crippen LogP contribution in [0, 0.1) is 0 Å². The topological polar surface area (TPSA) is 85.8 Å². The maximum absolute atomic E-state index is 11.8. The molecule has 0 aliphatic carbocycles. The number of halogens is 1. The van der Waals surface area contributed by atoms with Gasteiger partial charge in [-0.3, -0.25) is 4.79 Å². The van der Waals surface area contributed by atoms with Gasteiger partial charge in [-0.1, -0.05) is 29.9 Å². The number of rotatable bonds is 4. The fourth-order valence-electron chi connectivity index (χ4n) is 1.40. The van der Waals surface area contributed by atoms with Crippen molar-refractivity contribution in [1.82, 2.24) is 14.8 Å². The third kappa shape index (κ3) is 3.73. The van der Waals surface area contributed by atoms with Gasteiger partial charge in [0.25, 0.3) is 0 Å². The molecule has 98 valence electrons. The molecule has 19 heavy (non-hydrogen) atoms. The van der Waals surface area contributed by atoms with Crippen molar-refractivity contribution < 1.29 is 4.79 Å². The van der Waals surface area contributed by atoms with E-state index in [2.05, 4.69) is 15.4 Å². The van der Waals surface area contributed by atoms with Gasteiger partial charge in [-0.05, 0) is 18.2 Å². The monoisotopic (exact) mass is 295 g/mol. The summed E-state index contributed by atoms with van der Waals surface area (Å²) in [6, 6.07) is 6.87. The minimum Gasteiger partial charge on any atom is -0.387 e. The normalized spacial score (nSPS) is 10.2. The third-order valence-electron chi connectivity index (χ3n) is 2.17. The van der Waals surface area contributed by atoms with Gasteiger partial charge in [0.05, 0.1) is 0 Å². The summed E-state index contributed by atoms with van der Waals surface area (Å²) in [6.45, 7) is 0.0160. The standard InChI is InChI=1S/C11H10ClN5OS/c12-7-2-1-3-8(4-7)15-9(18)5-17-6-14-11(16-17)10(13)19/h1-4,6H,5H2,(H2,13,19)(H,15,18). The second-order valence-electron chi connectivity index (χ2n) is 3.69. The van der Waals surface area contributed by atoms with Gasteiger partial charge in [-0.15, -0.1) is 5.10 Å². The highest BCUT2D eigenvalue weighted by molar-refractivity contribution is 7.80. The Balaban J connectivity index is 1.99. The molecule has 0 spiro atoms. The van der Waals surface area contributed by atoms with Crippen LogP contribution in [0.3, 0.4) is 0 Å². The van der Waals surface area contributed by atoms with Crippen LogP contribution in [0.5, 0.6) is 0 Å². The number of nitrogens with one attached hydrogen (secondary N) is 1. The van der Waals surface area contributed by atoms with Gasteiger partial charge in [0.1, 0.15) is 17.9 Å². The molecule has 0 saturated carbocycles. The predicted molar refractivity (Wildman–Crippen MR) is 76.0 cm³/mol. The van der Waals surface area contributed by atoms with E-state index in [1.165, 1.54) is 11.0 Å². The Hall–Kier alpha value is -1.99. The lowest BCUT2D eigenvalue weighted by molar-refractivity contribution is -0.116. The largest absolute Gasteiger partial charge is 0.387 e. The average molecular weight is 296 g/mol. The van der Waals surface area contributed by atoms with Crippen molar-refractivity contribution in [3.63, 3.8) is 0 Å². The third-order valence-corrected chi connectivity index (χ3v) is 2.59. The van der Waals surface area contributed by atoms with Gasteiger partial charge in [-0.2, -0.15) is 0 Å². The molecule has 0 radical (unpaired) electrons. The first-order chi connectivity index (χ1) is 9.04. The van der Waals surface area contributed by atoms with E-state index in [4.69, 9.17) is 29.6 Å². The van der Waals surface area contributed by atoms with Crippen LogP contribution in [0.15, 0.2) is 30.6 Å². The molecule has 0 saturated heterocycles. The molecule has 1 aromatic carbocycles. The first-order valence-electron chi connectivity index (χ1n) is 5.29. The molecule has 0 fully saturated rings. The number of thiocarbonyl (C=S) groups is 1. The zero-order valence-electron chi connectivity index (χ0n) is 9.71.